The molecule has 1 aliphatic rings. The van der Waals surface area contributed by atoms with Gasteiger partial charge in [-0.1, -0.05) is 12.2 Å². The van der Waals surface area contributed by atoms with Crippen LogP contribution in [0.5, 0.6) is 0 Å². The van der Waals surface area contributed by atoms with E-state index < -0.39 is 0 Å². The molecule has 0 aromatic rings. The average Bonchev–Trinajstić information content (AvgIpc) is 2.07. The fourth-order valence-corrected chi connectivity index (χ4v) is 1.75. The van der Waals surface area contributed by atoms with Gasteiger partial charge in [0.1, 0.15) is 6.29 Å². The Labute approximate surface area is 68.5 Å². The van der Waals surface area contributed by atoms with E-state index >= 15 is 0 Å². The van der Waals surface area contributed by atoms with Crippen LogP contribution < -0.4 is 0 Å². The Morgan fingerprint density at radius 2 is 1.64 bits per heavy atom. The van der Waals surface area contributed by atoms with Crippen molar-refractivity contribution in [1.82, 2.24) is 0 Å². The summed E-state index contributed by atoms with van der Waals surface area (Å²) in [6.45, 7) is 2.06. The molecule has 0 aromatic carbocycles. The summed E-state index contributed by atoms with van der Waals surface area (Å²) >= 11 is 0. The van der Waals surface area contributed by atoms with Crippen molar-refractivity contribution in [3.63, 3.8) is 0 Å². The lowest BCUT2D eigenvalue weighted by molar-refractivity contribution is -0.112. The van der Waals surface area contributed by atoms with Crippen molar-refractivity contribution >= 4 is 6.29 Å². The Balaban J connectivity index is 2.29. The van der Waals surface area contributed by atoms with Crippen molar-refractivity contribution in [3.8, 4) is 0 Å². The number of allylic oxidation sites excluding steroid dienone is 2. The number of hydrogen-bond donors (Lipinski definition) is 0. The Morgan fingerprint density at radius 3 is 2.09 bits per heavy atom. The summed E-state index contributed by atoms with van der Waals surface area (Å²) in [5.74, 6) is 1.10. The van der Waals surface area contributed by atoms with Gasteiger partial charge in [-0.3, -0.25) is 0 Å². The molecule has 1 heteroatoms. The van der Waals surface area contributed by atoms with Crippen LogP contribution in [-0.2, 0) is 4.79 Å². The van der Waals surface area contributed by atoms with E-state index in [0.717, 1.165) is 25.0 Å². The second-order valence-corrected chi connectivity index (χ2v) is 3.34. The van der Waals surface area contributed by atoms with E-state index in [0.29, 0.717) is 5.92 Å². The molecule has 1 rings (SSSR count). The lowest BCUT2D eigenvalue weighted by Gasteiger charge is -2.22. The third kappa shape index (κ3) is 2.49. The number of aldehydes is 1. The van der Waals surface area contributed by atoms with Gasteiger partial charge in [0.25, 0.3) is 0 Å². The van der Waals surface area contributed by atoms with Gasteiger partial charge in [0.05, 0.1) is 0 Å². The highest BCUT2D eigenvalue weighted by Crippen LogP contribution is 2.28. The van der Waals surface area contributed by atoms with Gasteiger partial charge in [-0.15, -0.1) is 0 Å². The van der Waals surface area contributed by atoms with Gasteiger partial charge in [0.2, 0.25) is 0 Å². The van der Waals surface area contributed by atoms with Crippen LogP contribution >= 0.6 is 0 Å². The van der Waals surface area contributed by atoms with Crippen LogP contribution in [-0.4, -0.2) is 6.29 Å². The SMILES string of the molecule is C/C=C\C1CCC(C=O)CC1. The lowest BCUT2D eigenvalue weighted by atomic mass is 9.83. The largest absolute Gasteiger partial charge is 0.303 e. The summed E-state index contributed by atoms with van der Waals surface area (Å²) in [7, 11) is 0. The Bertz CT molecular complexity index is 141. The third-order valence-corrected chi connectivity index (χ3v) is 2.47. The van der Waals surface area contributed by atoms with Crippen LogP contribution in [0.15, 0.2) is 12.2 Å². The number of hydrogen-bond acceptors (Lipinski definition) is 1. The molecule has 0 bridgehead atoms. The zero-order valence-corrected chi connectivity index (χ0v) is 7.12. The van der Waals surface area contributed by atoms with Crippen LogP contribution in [0.2, 0.25) is 0 Å². The fraction of sp³-hybridized carbons (Fsp3) is 0.700. The summed E-state index contributed by atoms with van der Waals surface area (Å²) in [5.41, 5.74) is 0. The molecule has 1 saturated carbocycles. The molecule has 0 unspecified atom stereocenters. The van der Waals surface area contributed by atoms with Crippen LogP contribution in [0.4, 0.5) is 0 Å². The summed E-state index contributed by atoms with van der Waals surface area (Å²) in [4.78, 5) is 10.4. The van der Waals surface area contributed by atoms with E-state index in [1.807, 2.05) is 0 Å². The maximum absolute atomic E-state index is 10.4. The molecule has 1 aliphatic carbocycles. The lowest BCUT2D eigenvalue weighted by Crippen LogP contribution is -2.13. The highest BCUT2D eigenvalue weighted by molar-refractivity contribution is 5.53. The highest BCUT2D eigenvalue weighted by atomic mass is 16.1. The van der Waals surface area contributed by atoms with E-state index in [1.54, 1.807) is 0 Å². The van der Waals surface area contributed by atoms with Crippen molar-refractivity contribution in [2.75, 3.05) is 0 Å². The molecule has 1 fully saturated rings. The molecule has 0 spiro atoms. The second-order valence-electron chi connectivity index (χ2n) is 3.34. The van der Waals surface area contributed by atoms with Crippen molar-refractivity contribution < 1.29 is 4.79 Å². The van der Waals surface area contributed by atoms with Crippen LogP contribution in [0, 0.1) is 11.8 Å². The molecule has 0 saturated heterocycles. The number of carbonyl (C=O) groups excluding carboxylic acids is 1. The van der Waals surface area contributed by atoms with E-state index in [2.05, 4.69) is 19.1 Å². The van der Waals surface area contributed by atoms with Gasteiger partial charge in [0, 0.05) is 5.92 Å². The molecule has 0 aromatic heterocycles. The average molecular weight is 152 g/mol. The first-order valence-electron chi connectivity index (χ1n) is 4.45. The third-order valence-electron chi connectivity index (χ3n) is 2.47. The van der Waals surface area contributed by atoms with Gasteiger partial charge >= 0.3 is 0 Å². The molecule has 0 atom stereocenters. The zero-order chi connectivity index (χ0) is 8.10. The van der Waals surface area contributed by atoms with E-state index in [4.69, 9.17) is 0 Å². The quantitative estimate of drug-likeness (QED) is 0.439. The minimum atomic E-state index is 0.358. The summed E-state index contributed by atoms with van der Waals surface area (Å²) in [6.07, 6.45) is 10.1. The molecule has 0 radical (unpaired) electrons. The normalized spacial score (nSPS) is 32.5. The summed E-state index contributed by atoms with van der Waals surface area (Å²) in [5, 5.41) is 0. The van der Waals surface area contributed by atoms with Gasteiger partial charge in [-0.2, -0.15) is 0 Å². The van der Waals surface area contributed by atoms with Gasteiger partial charge < -0.3 is 4.79 Å². The predicted molar refractivity (Wildman–Crippen MR) is 46.3 cm³/mol. The Kier molecular flexibility index (Phi) is 3.34. The topological polar surface area (TPSA) is 17.1 Å². The van der Waals surface area contributed by atoms with E-state index in [1.165, 1.54) is 12.8 Å². The Morgan fingerprint density at radius 1 is 1.09 bits per heavy atom. The maximum atomic E-state index is 10.4. The van der Waals surface area contributed by atoms with Crippen LogP contribution in [0.3, 0.4) is 0 Å². The van der Waals surface area contributed by atoms with Gasteiger partial charge in [-0.25, -0.2) is 0 Å². The number of rotatable bonds is 2. The summed E-state index contributed by atoms with van der Waals surface area (Å²) < 4.78 is 0. The standard InChI is InChI=1S/C10H16O/c1-2-3-9-4-6-10(8-11)7-5-9/h2-3,8-10H,4-7H2,1H3/b3-2-. The minimum Gasteiger partial charge on any atom is -0.303 e. The first-order valence-corrected chi connectivity index (χ1v) is 4.45. The number of carbonyl (C=O) groups is 1. The maximum Gasteiger partial charge on any atom is 0.123 e. The van der Waals surface area contributed by atoms with E-state index in [9.17, 15) is 4.79 Å². The molecule has 0 aliphatic heterocycles. The fourth-order valence-electron chi connectivity index (χ4n) is 1.75. The first kappa shape index (κ1) is 8.51. The van der Waals surface area contributed by atoms with Crippen LogP contribution in [0.25, 0.3) is 0 Å². The van der Waals surface area contributed by atoms with Gasteiger partial charge in [0.15, 0.2) is 0 Å². The van der Waals surface area contributed by atoms with Gasteiger partial charge in [-0.05, 0) is 38.5 Å². The smallest absolute Gasteiger partial charge is 0.123 e. The second kappa shape index (κ2) is 4.32. The van der Waals surface area contributed by atoms with Crippen molar-refractivity contribution in [2.24, 2.45) is 11.8 Å². The molecule has 0 N–H and O–H groups in total. The van der Waals surface area contributed by atoms with E-state index in [-0.39, 0.29) is 0 Å². The summed E-state index contributed by atoms with van der Waals surface area (Å²) in [6, 6.07) is 0. The molecular weight excluding hydrogens is 136 g/mol. The molecule has 62 valence electrons. The molecule has 1 nitrogen and oxygen atoms in total. The monoisotopic (exact) mass is 152 g/mol. The molecular formula is C10H16O. The Hall–Kier alpha value is -0.590. The van der Waals surface area contributed by atoms with Crippen molar-refractivity contribution in [1.29, 1.82) is 0 Å². The van der Waals surface area contributed by atoms with Crippen molar-refractivity contribution in [3.05, 3.63) is 12.2 Å². The zero-order valence-electron chi connectivity index (χ0n) is 7.12. The predicted octanol–water partition coefficient (Wildman–Crippen LogP) is 2.57. The molecule has 0 heterocycles. The highest BCUT2D eigenvalue weighted by Gasteiger charge is 2.17. The van der Waals surface area contributed by atoms with Crippen LogP contribution in [0.1, 0.15) is 32.6 Å². The minimum absolute atomic E-state index is 0.358. The molecule has 11 heavy (non-hydrogen) atoms. The van der Waals surface area contributed by atoms with Crippen molar-refractivity contribution in [2.45, 2.75) is 32.6 Å². The first-order chi connectivity index (χ1) is 5.36. The molecule has 0 amide bonds.